The second-order valence-electron chi connectivity index (χ2n) is 7.27. The molecule has 0 unspecified atom stereocenters. The summed E-state index contributed by atoms with van der Waals surface area (Å²) in [5.74, 6) is 1.29. The van der Waals surface area contributed by atoms with Crippen molar-refractivity contribution < 1.29 is 19.4 Å². The lowest BCUT2D eigenvalue weighted by Crippen LogP contribution is -1.97. The molecular formula is C26H21ClO4. The van der Waals surface area contributed by atoms with Crippen molar-refractivity contribution in [3.63, 3.8) is 0 Å². The first-order valence-electron chi connectivity index (χ1n) is 9.80. The predicted molar refractivity (Wildman–Crippen MR) is 124 cm³/mol. The van der Waals surface area contributed by atoms with E-state index in [1.807, 2.05) is 61.5 Å². The normalized spacial score (nSPS) is 14.0. The van der Waals surface area contributed by atoms with Gasteiger partial charge in [0.1, 0.15) is 17.2 Å². The van der Waals surface area contributed by atoms with Crippen LogP contribution in [-0.4, -0.2) is 18.2 Å². The number of benzene rings is 3. The summed E-state index contributed by atoms with van der Waals surface area (Å²) in [5, 5.41) is 10.0. The van der Waals surface area contributed by atoms with E-state index in [1.54, 1.807) is 19.2 Å². The third-order valence-electron chi connectivity index (χ3n) is 5.27. The van der Waals surface area contributed by atoms with Crippen molar-refractivity contribution in [1.82, 2.24) is 0 Å². The lowest BCUT2D eigenvalue weighted by Gasteiger charge is -2.08. The molecule has 0 aliphatic heterocycles. The highest BCUT2D eigenvalue weighted by atomic mass is 35.5. The number of fused-ring (bicyclic) bond motifs is 1. The van der Waals surface area contributed by atoms with Crippen LogP contribution in [0.5, 0.6) is 17.2 Å². The molecule has 1 aliphatic carbocycles. The molecule has 1 aliphatic rings. The molecule has 0 bridgehead atoms. The van der Waals surface area contributed by atoms with Crippen molar-refractivity contribution in [3.8, 4) is 17.2 Å². The molecule has 31 heavy (non-hydrogen) atoms. The molecule has 5 heteroatoms. The zero-order valence-corrected chi connectivity index (χ0v) is 17.9. The van der Waals surface area contributed by atoms with Crippen LogP contribution in [0.4, 0.5) is 0 Å². The SMILES string of the molecule is COc1ccc2c(c1)C(CC(=O)O)=C(C)/C2=C/c1ccc(Oc2ccc(Cl)cc2)cc1. The van der Waals surface area contributed by atoms with E-state index >= 15 is 0 Å². The van der Waals surface area contributed by atoms with E-state index in [9.17, 15) is 9.90 Å². The Morgan fingerprint density at radius 2 is 1.55 bits per heavy atom. The third-order valence-corrected chi connectivity index (χ3v) is 5.52. The minimum absolute atomic E-state index is 0.0305. The van der Waals surface area contributed by atoms with Crippen molar-refractivity contribution in [2.45, 2.75) is 13.3 Å². The highest BCUT2D eigenvalue weighted by molar-refractivity contribution is 6.30. The van der Waals surface area contributed by atoms with Crippen LogP contribution in [0.15, 0.2) is 72.3 Å². The summed E-state index contributed by atoms with van der Waals surface area (Å²) in [5.41, 5.74) is 5.71. The van der Waals surface area contributed by atoms with Crippen LogP contribution in [0, 0.1) is 0 Å². The number of ether oxygens (including phenoxy) is 2. The van der Waals surface area contributed by atoms with Gasteiger partial charge in [0.25, 0.3) is 0 Å². The molecule has 3 aromatic rings. The van der Waals surface area contributed by atoms with Gasteiger partial charge in [0.05, 0.1) is 13.5 Å². The Bertz CT molecular complexity index is 1190. The number of hydrogen-bond donors (Lipinski definition) is 1. The molecule has 0 spiro atoms. The topological polar surface area (TPSA) is 55.8 Å². The van der Waals surface area contributed by atoms with Gasteiger partial charge in [-0.3, -0.25) is 4.79 Å². The van der Waals surface area contributed by atoms with E-state index in [4.69, 9.17) is 21.1 Å². The number of hydrogen-bond acceptors (Lipinski definition) is 3. The Labute approximate surface area is 186 Å². The van der Waals surface area contributed by atoms with Gasteiger partial charge in [-0.25, -0.2) is 0 Å². The average molecular weight is 433 g/mol. The zero-order chi connectivity index (χ0) is 22.0. The van der Waals surface area contributed by atoms with Gasteiger partial charge < -0.3 is 14.6 Å². The highest BCUT2D eigenvalue weighted by Gasteiger charge is 2.25. The van der Waals surface area contributed by atoms with E-state index in [0.717, 1.165) is 39.2 Å². The Morgan fingerprint density at radius 1 is 0.935 bits per heavy atom. The van der Waals surface area contributed by atoms with Crippen molar-refractivity contribution in [3.05, 3.63) is 94.0 Å². The molecule has 4 rings (SSSR count). The summed E-state index contributed by atoms with van der Waals surface area (Å²) in [4.78, 5) is 11.4. The monoisotopic (exact) mass is 432 g/mol. The first kappa shape index (κ1) is 20.8. The maximum absolute atomic E-state index is 11.4. The lowest BCUT2D eigenvalue weighted by molar-refractivity contribution is -0.135. The van der Waals surface area contributed by atoms with Gasteiger partial charge in [0, 0.05) is 5.02 Å². The van der Waals surface area contributed by atoms with Crippen LogP contribution in [-0.2, 0) is 4.79 Å². The maximum Gasteiger partial charge on any atom is 0.307 e. The predicted octanol–water partition coefficient (Wildman–Crippen LogP) is 6.94. The summed E-state index contributed by atoms with van der Waals surface area (Å²) in [7, 11) is 1.61. The fourth-order valence-electron chi connectivity index (χ4n) is 3.70. The molecule has 4 nitrogen and oxygen atoms in total. The first-order chi connectivity index (χ1) is 14.9. The lowest BCUT2D eigenvalue weighted by atomic mass is 10.0. The van der Waals surface area contributed by atoms with E-state index in [2.05, 4.69) is 6.08 Å². The number of aliphatic carboxylic acids is 1. The summed E-state index contributed by atoms with van der Waals surface area (Å²) in [6, 6.07) is 20.8. The number of carbonyl (C=O) groups is 1. The number of allylic oxidation sites excluding steroid dienone is 2. The summed E-state index contributed by atoms with van der Waals surface area (Å²) >= 11 is 5.91. The van der Waals surface area contributed by atoms with Crippen LogP contribution in [0.25, 0.3) is 17.2 Å². The summed E-state index contributed by atoms with van der Waals surface area (Å²) in [6.07, 6.45) is 2.04. The van der Waals surface area contributed by atoms with Gasteiger partial charge in [-0.1, -0.05) is 29.8 Å². The van der Waals surface area contributed by atoms with Crippen molar-refractivity contribution in [2.24, 2.45) is 0 Å². The standard InChI is InChI=1S/C26H21ClO4/c1-16-23(22-12-11-21(30-2)14-25(22)24(16)15-26(28)29)13-17-3-7-19(8-4-17)31-20-9-5-18(27)6-10-20/h3-14H,15H2,1-2H3,(H,28,29)/b23-13-. The third kappa shape index (κ3) is 4.49. The van der Waals surface area contributed by atoms with E-state index in [1.165, 1.54) is 0 Å². The molecule has 0 radical (unpaired) electrons. The molecular weight excluding hydrogens is 412 g/mol. The first-order valence-corrected chi connectivity index (χ1v) is 10.2. The zero-order valence-electron chi connectivity index (χ0n) is 17.2. The molecule has 0 heterocycles. The largest absolute Gasteiger partial charge is 0.497 e. The Balaban J connectivity index is 1.65. The van der Waals surface area contributed by atoms with Crippen molar-refractivity contribution in [1.29, 1.82) is 0 Å². The highest BCUT2D eigenvalue weighted by Crippen LogP contribution is 2.44. The molecule has 156 valence electrons. The summed E-state index contributed by atoms with van der Waals surface area (Å²) in [6.45, 7) is 1.97. The fraction of sp³-hybridized carbons (Fsp3) is 0.115. The molecule has 0 saturated heterocycles. The van der Waals surface area contributed by atoms with Gasteiger partial charge in [0.2, 0.25) is 0 Å². The number of methoxy groups -OCH3 is 1. The minimum Gasteiger partial charge on any atom is -0.497 e. The van der Waals surface area contributed by atoms with Gasteiger partial charge in [-0.05, 0) is 94.9 Å². The second kappa shape index (κ2) is 8.70. The van der Waals surface area contributed by atoms with Crippen LogP contribution in [0.1, 0.15) is 30.0 Å². The fourth-order valence-corrected chi connectivity index (χ4v) is 3.83. The van der Waals surface area contributed by atoms with Crippen LogP contribution in [0.3, 0.4) is 0 Å². The molecule has 0 fully saturated rings. The molecule has 0 amide bonds. The van der Waals surface area contributed by atoms with Crippen molar-refractivity contribution >= 4 is 34.8 Å². The van der Waals surface area contributed by atoms with E-state index < -0.39 is 5.97 Å². The van der Waals surface area contributed by atoms with Crippen LogP contribution < -0.4 is 9.47 Å². The van der Waals surface area contributed by atoms with Gasteiger partial charge >= 0.3 is 5.97 Å². The van der Waals surface area contributed by atoms with Crippen molar-refractivity contribution in [2.75, 3.05) is 7.11 Å². The van der Waals surface area contributed by atoms with Gasteiger partial charge in [-0.15, -0.1) is 0 Å². The number of rotatable bonds is 6. The number of carboxylic acid groups (broad SMARTS) is 1. The Hall–Kier alpha value is -3.50. The van der Waals surface area contributed by atoms with Gasteiger partial charge in [-0.2, -0.15) is 0 Å². The maximum atomic E-state index is 11.4. The number of halogens is 1. The molecule has 0 atom stereocenters. The van der Waals surface area contributed by atoms with E-state index in [-0.39, 0.29) is 6.42 Å². The molecule has 3 aromatic carbocycles. The summed E-state index contributed by atoms with van der Waals surface area (Å²) < 4.78 is 11.2. The Morgan fingerprint density at radius 3 is 2.16 bits per heavy atom. The van der Waals surface area contributed by atoms with E-state index in [0.29, 0.717) is 16.5 Å². The van der Waals surface area contributed by atoms with Crippen LogP contribution >= 0.6 is 11.6 Å². The minimum atomic E-state index is -0.854. The average Bonchev–Trinajstić information content (AvgIpc) is 3.01. The molecule has 1 N–H and O–H groups in total. The van der Waals surface area contributed by atoms with Gasteiger partial charge in [0.15, 0.2) is 0 Å². The smallest absolute Gasteiger partial charge is 0.307 e. The quantitative estimate of drug-likeness (QED) is 0.458. The Kier molecular flexibility index (Phi) is 5.83. The van der Waals surface area contributed by atoms with Crippen LogP contribution in [0.2, 0.25) is 5.02 Å². The molecule has 0 aromatic heterocycles. The second-order valence-corrected chi connectivity index (χ2v) is 7.71. The number of carboxylic acids is 1. The molecule has 0 saturated carbocycles.